The Kier molecular flexibility index (Phi) is 3.99. The number of benzene rings is 1. The molecule has 1 aromatic rings. The molecule has 1 unspecified atom stereocenters. The molecular weight excluding hydrogens is 268 g/mol. The van der Waals surface area contributed by atoms with E-state index in [-0.39, 0.29) is 5.38 Å². The van der Waals surface area contributed by atoms with Crippen molar-refractivity contribution in [1.82, 2.24) is 0 Å². The van der Waals surface area contributed by atoms with Gasteiger partial charge in [-0.1, -0.05) is 38.8 Å². The number of fused-ring (bicyclic) bond motifs is 1. The van der Waals surface area contributed by atoms with Crippen LogP contribution in [-0.4, -0.2) is 6.61 Å². The summed E-state index contributed by atoms with van der Waals surface area (Å²) in [5.41, 5.74) is 2.95. The Bertz CT molecular complexity index is 474. The molecule has 1 aromatic carbocycles. The molecule has 1 nitrogen and oxygen atoms in total. The highest BCUT2D eigenvalue weighted by atomic mass is 35.5. The molecule has 1 fully saturated rings. The van der Waals surface area contributed by atoms with Crippen molar-refractivity contribution in [2.45, 2.75) is 57.7 Å². The lowest BCUT2D eigenvalue weighted by molar-refractivity contribution is 0.223. The molecule has 110 valence electrons. The number of rotatable bonds is 4. The van der Waals surface area contributed by atoms with Crippen LogP contribution in [0.25, 0.3) is 0 Å². The third-order valence-corrected chi connectivity index (χ3v) is 5.67. The van der Waals surface area contributed by atoms with Crippen molar-refractivity contribution in [3.8, 4) is 5.75 Å². The fourth-order valence-electron chi connectivity index (χ4n) is 4.17. The van der Waals surface area contributed by atoms with Gasteiger partial charge in [-0.05, 0) is 47.8 Å². The van der Waals surface area contributed by atoms with Crippen molar-refractivity contribution in [3.05, 3.63) is 29.3 Å². The van der Waals surface area contributed by atoms with Gasteiger partial charge >= 0.3 is 0 Å². The largest absolute Gasteiger partial charge is 0.493 e. The van der Waals surface area contributed by atoms with Crippen LogP contribution in [0.4, 0.5) is 0 Å². The summed E-state index contributed by atoms with van der Waals surface area (Å²) in [4.78, 5) is 0. The number of hydrogen-bond acceptors (Lipinski definition) is 1. The smallest absolute Gasteiger partial charge is 0.122 e. The minimum atomic E-state index is 0.151. The molecule has 0 N–H and O–H groups in total. The van der Waals surface area contributed by atoms with Gasteiger partial charge in [0, 0.05) is 6.42 Å². The predicted molar refractivity (Wildman–Crippen MR) is 84.6 cm³/mol. The minimum absolute atomic E-state index is 0.151. The van der Waals surface area contributed by atoms with E-state index in [4.69, 9.17) is 16.3 Å². The maximum Gasteiger partial charge on any atom is 0.122 e. The Morgan fingerprint density at radius 2 is 2.00 bits per heavy atom. The molecule has 2 heteroatoms. The Balaban J connectivity index is 1.87. The van der Waals surface area contributed by atoms with Gasteiger partial charge in [0.15, 0.2) is 0 Å². The summed E-state index contributed by atoms with van der Waals surface area (Å²) in [5, 5.41) is 0.151. The lowest BCUT2D eigenvalue weighted by atomic mass is 9.73. The van der Waals surface area contributed by atoms with Crippen LogP contribution in [0.3, 0.4) is 0 Å². The molecule has 0 amide bonds. The van der Waals surface area contributed by atoms with E-state index < -0.39 is 0 Å². The molecule has 1 saturated carbocycles. The highest BCUT2D eigenvalue weighted by molar-refractivity contribution is 6.21. The maximum atomic E-state index is 6.97. The second kappa shape index (κ2) is 5.60. The van der Waals surface area contributed by atoms with Gasteiger partial charge < -0.3 is 4.74 Å². The molecule has 0 bridgehead atoms. The molecule has 0 saturated heterocycles. The first kappa shape index (κ1) is 14.3. The third-order valence-electron chi connectivity index (χ3n) is 4.96. The van der Waals surface area contributed by atoms with E-state index in [0.29, 0.717) is 11.3 Å². The molecule has 0 aromatic heterocycles. The van der Waals surface area contributed by atoms with Crippen LogP contribution in [0.1, 0.15) is 62.5 Å². The molecule has 1 atom stereocenters. The van der Waals surface area contributed by atoms with Crippen molar-refractivity contribution in [2.24, 2.45) is 11.3 Å². The fourth-order valence-corrected chi connectivity index (χ4v) is 4.61. The molecule has 3 rings (SSSR count). The summed E-state index contributed by atoms with van der Waals surface area (Å²) in [6.45, 7) is 5.46. The molecule has 0 radical (unpaired) electrons. The number of ether oxygens (including phenoxy) is 1. The Morgan fingerprint density at radius 3 is 2.70 bits per heavy atom. The van der Waals surface area contributed by atoms with Crippen molar-refractivity contribution >= 4 is 11.6 Å². The molecule has 1 aliphatic heterocycles. The van der Waals surface area contributed by atoms with Gasteiger partial charge in [0.05, 0.1) is 12.0 Å². The monoisotopic (exact) mass is 292 g/mol. The van der Waals surface area contributed by atoms with Crippen LogP contribution in [-0.2, 0) is 6.42 Å². The number of halogens is 1. The van der Waals surface area contributed by atoms with Gasteiger partial charge in [0.1, 0.15) is 5.75 Å². The van der Waals surface area contributed by atoms with Crippen LogP contribution >= 0.6 is 11.6 Å². The van der Waals surface area contributed by atoms with Gasteiger partial charge in [0.2, 0.25) is 0 Å². The molecule has 20 heavy (non-hydrogen) atoms. The van der Waals surface area contributed by atoms with Crippen LogP contribution in [0, 0.1) is 11.3 Å². The lowest BCUT2D eigenvalue weighted by Crippen LogP contribution is -2.24. The van der Waals surface area contributed by atoms with E-state index in [2.05, 4.69) is 32.0 Å². The predicted octanol–water partition coefficient (Wildman–Crippen LogP) is 5.51. The summed E-state index contributed by atoms with van der Waals surface area (Å²) in [6.07, 6.45) is 7.52. The molecule has 2 aliphatic rings. The zero-order valence-corrected chi connectivity index (χ0v) is 13.4. The van der Waals surface area contributed by atoms with Gasteiger partial charge in [0.25, 0.3) is 0 Å². The van der Waals surface area contributed by atoms with Crippen molar-refractivity contribution in [1.29, 1.82) is 0 Å². The molecule has 0 spiro atoms. The molecular formula is C18H25ClO. The zero-order valence-electron chi connectivity index (χ0n) is 12.6. The van der Waals surface area contributed by atoms with Crippen LogP contribution in [0.2, 0.25) is 0 Å². The van der Waals surface area contributed by atoms with E-state index in [1.54, 1.807) is 0 Å². The first-order valence-corrected chi connectivity index (χ1v) is 8.44. The summed E-state index contributed by atoms with van der Waals surface area (Å²) in [7, 11) is 0. The molecule has 1 aliphatic carbocycles. The Hall–Kier alpha value is -0.690. The molecule has 1 heterocycles. The Labute approximate surface area is 127 Å². The summed E-state index contributed by atoms with van der Waals surface area (Å²) in [6, 6.07) is 6.59. The van der Waals surface area contributed by atoms with Crippen molar-refractivity contribution in [3.63, 3.8) is 0 Å². The summed E-state index contributed by atoms with van der Waals surface area (Å²) < 4.78 is 5.61. The maximum absolute atomic E-state index is 6.97. The van der Waals surface area contributed by atoms with E-state index in [0.717, 1.165) is 18.8 Å². The first-order valence-electron chi connectivity index (χ1n) is 8.00. The topological polar surface area (TPSA) is 9.23 Å². The fraction of sp³-hybridized carbons (Fsp3) is 0.667. The highest BCUT2D eigenvalue weighted by Gasteiger charge is 2.41. The summed E-state index contributed by atoms with van der Waals surface area (Å²) in [5.74, 6) is 1.77. The second-order valence-corrected chi connectivity index (χ2v) is 7.43. The van der Waals surface area contributed by atoms with Crippen molar-refractivity contribution in [2.75, 3.05) is 6.61 Å². The SMILES string of the molecule is CC(C)CC1(C(Cl)c2ccc3c(c2)CCO3)CCCC1. The van der Waals surface area contributed by atoms with Gasteiger partial charge in [-0.3, -0.25) is 0 Å². The zero-order chi connectivity index (χ0) is 14.2. The standard InChI is InChI=1S/C18H25ClO/c1-13(2)12-18(8-3-4-9-18)17(19)15-5-6-16-14(11-15)7-10-20-16/h5-6,11,13,17H,3-4,7-10,12H2,1-2H3. The van der Waals surface area contributed by atoms with Crippen LogP contribution in [0.15, 0.2) is 18.2 Å². The van der Waals surface area contributed by atoms with Gasteiger partial charge in [-0.25, -0.2) is 0 Å². The normalized spacial score (nSPS) is 21.8. The van der Waals surface area contributed by atoms with Gasteiger partial charge in [-0.2, -0.15) is 0 Å². The minimum Gasteiger partial charge on any atom is -0.493 e. The number of hydrogen-bond donors (Lipinski definition) is 0. The average Bonchev–Trinajstić information content (AvgIpc) is 3.05. The Morgan fingerprint density at radius 1 is 1.25 bits per heavy atom. The second-order valence-electron chi connectivity index (χ2n) is 7.00. The quantitative estimate of drug-likeness (QED) is 0.665. The van der Waals surface area contributed by atoms with E-state index in [1.165, 1.54) is 43.2 Å². The van der Waals surface area contributed by atoms with Gasteiger partial charge in [-0.15, -0.1) is 11.6 Å². The first-order chi connectivity index (χ1) is 9.61. The van der Waals surface area contributed by atoms with Crippen molar-refractivity contribution < 1.29 is 4.74 Å². The van der Waals surface area contributed by atoms with E-state index in [1.807, 2.05) is 0 Å². The number of alkyl halides is 1. The lowest BCUT2D eigenvalue weighted by Gasteiger charge is -2.36. The highest BCUT2D eigenvalue weighted by Crippen LogP contribution is 2.54. The average molecular weight is 293 g/mol. The van der Waals surface area contributed by atoms with E-state index in [9.17, 15) is 0 Å². The van der Waals surface area contributed by atoms with E-state index >= 15 is 0 Å². The summed E-state index contributed by atoms with van der Waals surface area (Å²) >= 11 is 6.97. The third kappa shape index (κ3) is 2.57. The van der Waals surface area contributed by atoms with Crippen LogP contribution in [0.5, 0.6) is 5.75 Å². The van der Waals surface area contributed by atoms with Crippen LogP contribution < -0.4 is 4.74 Å².